The van der Waals surface area contributed by atoms with Gasteiger partial charge in [0.15, 0.2) is 0 Å². The van der Waals surface area contributed by atoms with E-state index in [9.17, 15) is 0 Å². The van der Waals surface area contributed by atoms with E-state index in [-0.39, 0.29) is 12.2 Å². The largest absolute Gasteiger partial charge is 0.494 e. The Hall–Kier alpha value is -1.37. The zero-order valence-electron chi connectivity index (χ0n) is 12.3. The van der Waals surface area contributed by atoms with E-state index in [4.69, 9.17) is 41.7 Å². The predicted molar refractivity (Wildman–Crippen MR) is 83.4 cm³/mol. The number of halogens is 1. The van der Waals surface area contributed by atoms with E-state index < -0.39 is 7.12 Å². The summed E-state index contributed by atoms with van der Waals surface area (Å²) < 4.78 is 5.56. The van der Waals surface area contributed by atoms with Crippen LogP contribution in [0, 0.1) is 0 Å². The van der Waals surface area contributed by atoms with Crippen molar-refractivity contribution in [1.82, 2.24) is 0 Å². The second kappa shape index (κ2) is 13.3. The highest BCUT2D eigenvalue weighted by molar-refractivity contribution is 6.40. The van der Waals surface area contributed by atoms with Gasteiger partial charge in [-0.3, -0.25) is 0 Å². The standard InChI is InChI=1S/C13H21BClNO3.CO2/c15-11-4-6-13(7-5-11)19-10-8-12(16)3-1-2-9-14(17)18;2-1-3/h4-7,12,17-18H,1-3,8-10,16H2;. The third kappa shape index (κ3) is 12.4. The summed E-state index contributed by atoms with van der Waals surface area (Å²) in [6.45, 7) is 0.575. The third-order valence-electron chi connectivity index (χ3n) is 2.86. The lowest BCUT2D eigenvalue weighted by atomic mass is 9.83. The Kier molecular flexibility index (Phi) is 12.5. The van der Waals surface area contributed by atoms with Gasteiger partial charge in [0.25, 0.3) is 0 Å². The van der Waals surface area contributed by atoms with Crippen LogP contribution in [0.1, 0.15) is 25.7 Å². The summed E-state index contributed by atoms with van der Waals surface area (Å²) in [5, 5.41) is 18.1. The second-order valence-electron chi connectivity index (χ2n) is 4.70. The van der Waals surface area contributed by atoms with Crippen LogP contribution in [-0.4, -0.2) is 36.0 Å². The molecular weight excluding hydrogens is 308 g/mol. The smallest absolute Gasteiger partial charge is 0.451 e. The molecule has 6 nitrogen and oxygen atoms in total. The van der Waals surface area contributed by atoms with Crippen molar-refractivity contribution < 1.29 is 24.4 Å². The molecule has 8 heteroatoms. The van der Waals surface area contributed by atoms with E-state index in [1.54, 1.807) is 12.1 Å². The number of nitrogens with two attached hydrogens (primary N) is 1. The molecule has 0 amide bonds. The van der Waals surface area contributed by atoms with Gasteiger partial charge in [-0.1, -0.05) is 24.4 Å². The molecule has 1 aromatic carbocycles. The molecule has 0 saturated carbocycles. The van der Waals surface area contributed by atoms with Crippen molar-refractivity contribution in [1.29, 1.82) is 0 Å². The number of carbonyl (C=O) groups excluding carboxylic acids is 2. The van der Waals surface area contributed by atoms with Crippen LogP contribution in [0.25, 0.3) is 0 Å². The van der Waals surface area contributed by atoms with Crippen LogP contribution in [0.5, 0.6) is 5.75 Å². The summed E-state index contributed by atoms with van der Waals surface area (Å²) in [7, 11) is -1.20. The van der Waals surface area contributed by atoms with Gasteiger partial charge in [-0.2, -0.15) is 9.59 Å². The van der Waals surface area contributed by atoms with Crippen molar-refractivity contribution in [2.24, 2.45) is 5.73 Å². The summed E-state index contributed by atoms with van der Waals surface area (Å²) in [5.41, 5.74) is 5.95. The van der Waals surface area contributed by atoms with Crippen molar-refractivity contribution >= 4 is 24.9 Å². The molecule has 122 valence electrons. The van der Waals surface area contributed by atoms with E-state index in [0.717, 1.165) is 31.4 Å². The highest BCUT2D eigenvalue weighted by atomic mass is 35.5. The fourth-order valence-corrected chi connectivity index (χ4v) is 1.86. The predicted octanol–water partition coefficient (Wildman–Crippen LogP) is 1.50. The van der Waals surface area contributed by atoms with E-state index >= 15 is 0 Å². The molecule has 0 saturated heterocycles. The first-order chi connectivity index (χ1) is 10.5. The van der Waals surface area contributed by atoms with Gasteiger partial charge in [-0.05, 0) is 43.4 Å². The number of hydrogen-bond acceptors (Lipinski definition) is 6. The molecule has 1 unspecified atom stereocenters. The average molecular weight is 330 g/mol. The number of unbranched alkanes of at least 4 members (excludes halogenated alkanes) is 1. The summed E-state index contributed by atoms with van der Waals surface area (Å²) in [6, 6.07) is 7.32. The fraction of sp³-hybridized carbons (Fsp3) is 0.500. The Morgan fingerprint density at radius 3 is 2.32 bits per heavy atom. The van der Waals surface area contributed by atoms with E-state index in [1.807, 2.05) is 12.1 Å². The average Bonchev–Trinajstić information content (AvgIpc) is 2.46. The minimum atomic E-state index is -1.20. The van der Waals surface area contributed by atoms with Gasteiger partial charge in [0.1, 0.15) is 5.75 Å². The molecule has 4 N–H and O–H groups in total. The molecule has 0 spiro atoms. The van der Waals surface area contributed by atoms with Crippen LogP contribution in [0.2, 0.25) is 11.3 Å². The number of hydrogen-bond donors (Lipinski definition) is 3. The topological polar surface area (TPSA) is 110 Å². The van der Waals surface area contributed by atoms with Crippen LogP contribution in [0.15, 0.2) is 24.3 Å². The van der Waals surface area contributed by atoms with Crippen molar-refractivity contribution in [2.45, 2.75) is 38.0 Å². The van der Waals surface area contributed by atoms with Gasteiger partial charge >= 0.3 is 13.3 Å². The Bertz CT molecular complexity index is 424. The number of rotatable bonds is 9. The normalized spacial score (nSPS) is 10.9. The molecule has 1 rings (SSSR count). The molecule has 0 heterocycles. The van der Waals surface area contributed by atoms with E-state index in [1.165, 1.54) is 0 Å². The Morgan fingerprint density at radius 1 is 1.18 bits per heavy atom. The summed E-state index contributed by atoms with van der Waals surface area (Å²) >= 11 is 5.78. The highest BCUT2D eigenvalue weighted by Gasteiger charge is 2.07. The Morgan fingerprint density at radius 2 is 1.77 bits per heavy atom. The van der Waals surface area contributed by atoms with Crippen LogP contribution in [0.4, 0.5) is 0 Å². The van der Waals surface area contributed by atoms with E-state index in [0.29, 0.717) is 17.9 Å². The van der Waals surface area contributed by atoms with Gasteiger partial charge in [0.2, 0.25) is 0 Å². The molecule has 0 aliphatic rings. The molecule has 0 fully saturated rings. The van der Waals surface area contributed by atoms with Crippen LogP contribution >= 0.6 is 11.6 Å². The van der Waals surface area contributed by atoms with E-state index in [2.05, 4.69) is 0 Å². The first-order valence-corrected chi connectivity index (χ1v) is 7.36. The maximum absolute atomic E-state index is 8.70. The first kappa shape index (κ1) is 20.6. The summed E-state index contributed by atoms with van der Waals surface area (Å²) in [5.74, 6) is 0.792. The molecule has 0 aromatic heterocycles. The lowest BCUT2D eigenvalue weighted by molar-refractivity contribution is -0.191. The zero-order valence-corrected chi connectivity index (χ0v) is 13.0. The number of ether oxygens (including phenoxy) is 1. The van der Waals surface area contributed by atoms with Gasteiger partial charge in [-0.25, -0.2) is 0 Å². The molecule has 0 aliphatic heterocycles. The maximum Gasteiger partial charge on any atom is 0.451 e. The van der Waals surface area contributed by atoms with Crippen molar-refractivity contribution in [3.63, 3.8) is 0 Å². The number of benzene rings is 1. The SMILES string of the molecule is NC(CCCCB(O)O)CCOc1ccc(Cl)cc1.O=C=O. The maximum atomic E-state index is 8.70. The quantitative estimate of drug-likeness (QED) is 0.468. The molecule has 0 bridgehead atoms. The van der Waals surface area contributed by atoms with Crippen molar-refractivity contribution in [3.8, 4) is 5.75 Å². The minimum Gasteiger partial charge on any atom is -0.494 e. The molecule has 22 heavy (non-hydrogen) atoms. The van der Waals surface area contributed by atoms with Crippen molar-refractivity contribution in [2.75, 3.05) is 6.61 Å². The van der Waals surface area contributed by atoms with Gasteiger partial charge in [0.05, 0.1) is 6.61 Å². The highest BCUT2D eigenvalue weighted by Crippen LogP contribution is 2.16. The second-order valence-corrected chi connectivity index (χ2v) is 5.14. The van der Waals surface area contributed by atoms with Crippen molar-refractivity contribution in [3.05, 3.63) is 29.3 Å². The van der Waals surface area contributed by atoms with Gasteiger partial charge in [-0.15, -0.1) is 0 Å². The van der Waals surface area contributed by atoms with Crippen LogP contribution < -0.4 is 10.5 Å². The van der Waals surface area contributed by atoms with Crippen LogP contribution in [0.3, 0.4) is 0 Å². The molecule has 0 aliphatic carbocycles. The monoisotopic (exact) mass is 329 g/mol. The third-order valence-corrected chi connectivity index (χ3v) is 3.11. The molecule has 1 atom stereocenters. The molecular formula is C14H21BClNO5. The fourth-order valence-electron chi connectivity index (χ4n) is 1.74. The zero-order chi connectivity index (χ0) is 16.8. The Balaban J connectivity index is 0.00000135. The van der Waals surface area contributed by atoms with Crippen LogP contribution in [-0.2, 0) is 9.59 Å². The summed E-state index contributed by atoms with van der Waals surface area (Å²) in [6.07, 6.45) is 4.00. The lowest BCUT2D eigenvalue weighted by Gasteiger charge is -2.12. The first-order valence-electron chi connectivity index (χ1n) is 6.99. The lowest BCUT2D eigenvalue weighted by Crippen LogP contribution is -2.22. The Labute approximate surface area is 135 Å². The summed E-state index contributed by atoms with van der Waals surface area (Å²) in [4.78, 5) is 16.2. The molecule has 0 radical (unpaired) electrons. The minimum absolute atomic E-state index is 0.0862. The molecule has 1 aromatic rings. The van der Waals surface area contributed by atoms with Gasteiger partial charge < -0.3 is 20.5 Å². The van der Waals surface area contributed by atoms with Gasteiger partial charge in [0, 0.05) is 11.1 Å².